The van der Waals surface area contributed by atoms with Crippen molar-refractivity contribution in [3.8, 4) is 0 Å². The van der Waals surface area contributed by atoms with Crippen LogP contribution in [0.1, 0.15) is 4.88 Å². The zero-order valence-electron chi connectivity index (χ0n) is 8.90. The van der Waals surface area contributed by atoms with Crippen molar-refractivity contribution in [3.05, 3.63) is 45.2 Å². The zero-order chi connectivity index (χ0) is 11.7. The molecule has 17 heavy (non-hydrogen) atoms. The topological polar surface area (TPSA) is 40.7 Å². The summed E-state index contributed by atoms with van der Waals surface area (Å²) in [6.45, 7) is 0.828. The Bertz CT molecular complexity index is 644. The van der Waals surface area contributed by atoms with Gasteiger partial charge in [0.2, 0.25) is 0 Å². The first kappa shape index (κ1) is 10.8. The van der Waals surface area contributed by atoms with Gasteiger partial charge in [-0.1, -0.05) is 12.1 Å². The molecule has 3 nitrogen and oxygen atoms in total. The summed E-state index contributed by atoms with van der Waals surface area (Å²) in [5.41, 5.74) is 2.15. The van der Waals surface area contributed by atoms with Gasteiger partial charge in [0, 0.05) is 16.8 Å². The van der Waals surface area contributed by atoms with Crippen LogP contribution in [0.2, 0.25) is 0 Å². The molecule has 0 saturated carbocycles. The molecule has 2 heterocycles. The Labute approximate surface area is 111 Å². The van der Waals surface area contributed by atoms with Crippen LogP contribution < -0.4 is 5.32 Å². The normalized spacial score (nSPS) is 10.9. The van der Waals surface area contributed by atoms with Crippen molar-refractivity contribution in [2.75, 3.05) is 5.32 Å². The summed E-state index contributed by atoms with van der Waals surface area (Å²) in [5, 5.41) is 11.6. The van der Waals surface area contributed by atoms with Gasteiger partial charge in [-0.05, 0) is 34.1 Å². The molecule has 0 saturated heterocycles. The average Bonchev–Trinajstić information content (AvgIpc) is 2.94. The number of halogens is 1. The molecule has 2 aromatic heterocycles. The number of nitrogens with zero attached hydrogens (tertiary/aromatic N) is 1. The maximum absolute atomic E-state index is 4.05. The van der Waals surface area contributed by atoms with Gasteiger partial charge in [0.05, 0.1) is 21.2 Å². The number of para-hydroxylation sites is 1. The van der Waals surface area contributed by atoms with E-state index in [1.54, 1.807) is 11.3 Å². The minimum absolute atomic E-state index is 0.828. The van der Waals surface area contributed by atoms with Gasteiger partial charge in [0.1, 0.15) is 0 Å². The molecule has 3 rings (SSSR count). The van der Waals surface area contributed by atoms with E-state index in [0.717, 1.165) is 26.9 Å². The number of hydrogen-bond acceptors (Lipinski definition) is 3. The van der Waals surface area contributed by atoms with E-state index in [-0.39, 0.29) is 0 Å². The predicted octanol–water partition coefficient (Wildman–Crippen LogP) is 4.00. The molecule has 0 aliphatic heterocycles. The van der Waals surface area contributed by atoms with Crippen molar-refractivity contribution in [1.29, 1.82) is 0 Å². The maximum Gasteiger partial charge on any atom is 0.0881 e. The second kappa shape index (κ2) is 4.50. The standard InChI is InChI=1S/C12H10BrN3S/c13-11-5-4-9(17-11)7-14-10-3-1-2-8-6-15-16-12(8)10/h1-6,14H,7H2,(H,15,16). The molecular formula is C12H10BrN3S. The number of anilines is 1. The molecule has 2 N–H and O–H groups in total. The second-order valence-electron chi connectivity index (χ2n) is 3.70. The Hall–Kier alpha value is -1.33. The van der Waals surface area contributed by atoms with Crippen LogP contribution in [0, 0.1) is 0 Å². The van der Waals surface area contributed by atoms with Gasteiger partial charge in [0.15, 0.2) is 0 Å². The highest BCUT2D eigenvalue weighted by molar-refractivity contribution is 9.11. The molecule has 0 aliphatic carbocycles. The van der Waals surface area contributed by atoms with Crippen LogP contribution in [-0.2, 0) is 6.54 Å². The monoisotopic (exact) mass is 307 g/mol. The van der Waals surface area contributed by atoms with Crippen LogP contribution in [0.15, 0.2) is 40.3 Å². The third-order valence-electron chi connectivity index (χ3n) is 2.56. The van der Waals surface area contributed by atoms with Crippen molar-refractivity contribution in [3.63, 3.8) is 0 Å². The van der Waals surface area contributed by atoms with Gasteiger partial charge in [-0.25, -0.2) is 0 Å². The van der Waals surface area contributed by atoms with E-state index in [9.17, 15) is 0 Å². The van der Waals surface area contributed by atoms with Crippen molar-refractivity contribution in [2.45, 2.75) is 6.54 Å². The van der Waals surface area contributed by atoms with E-state index in [2.05, 4.69) is 49.6 Å². The summed E-state index contributed by atoms with van der Waals surface area (Å²) in [6, 6.07) is 10.3. The summed E-state index contributed by atoms with van der Waals surface area (Å²) >= 11 is 5.21. The van der Waals surface area contributed by atoms with Gasteiger partial charge >= 0.3 is 0 Å². The SMILES string of the molecule is Brc1ccc(CNc2cccc3cn[nH]c23)s1. The van der Waals surface area contributed by atoms with Gasteiger partial charge < -0.3 is 5.32 Å². The number of aromatic nitrogens is 2. The molecule has 0 spiro atoms. The number of aromatic amines is 1. The molecule has 0 aliphatic rings. The second-order valence-corrected chi connectivity index (χ2v) is 6.25. The first-order valence-electron chi connectivity index (χ1n) is 5.23. The third kappa shape index (κ3) is 2.21. The fourth-order valence-electron chi connectivity index (χ4n) is 1.75. The lowest BCUT2D eigenvalue weighted by molar-refractivity contribution is 1.11. The van der Waals surface area contributed by atoms with E-state index in [0.29, 0.717) is 0 Å². The number of H-pyrrole nitrogens is 1. The first-order chi connectivity index (χ1) is 8.33. The van der Waals surface area contributed by atoms with Crippen molar-refractivity contribution in [2.24, 2.45) is 0 Å². The van der Waals surface area contributed by atoms with E-state index in [4.69, 9.17) is 0 Å². The minimum atomic E-state index is 0.828. The summed E-state index contributed by atoms with van der Waals surface area (Å²) in [4.78, 5) is 1.30. The molecule has 1 aromatic carbocycles. The van der Waals surface area contributed by atoms with Crippen LogP contribution in [0.3, 0.4) is 0 Å². The highest BCUT2D eigenvalue weighted by Crippen LogP contribution is 2.25. The largest absolute Gasteiger partial charge is 0.378 e. The lowest BCUT2D eigenvalue weighted by Gasteiger charge is -2.05. The molecule has 0 unspecified atom stereocenters. The fraction of sp³-hybridized carbons (Fsp3) is 0.0833. The lowest BCUT2D eigenvalue weighted by atomic mass is 10.2. The van der Waals surface area contributed by atoms with Crippen LogP contribution >= 0.6 is 27.3 Å². The maximum atomic E-state index is 4.05. The molecule has 0 fully saturated rings. The molecular weight excluding hydrogens is 298 g/mol. The molecule has 0 amide bonds. The summed E-state index contributed by atoms with van der Waals surface area (Å²) in [6.07, 6.45) is 1.84. The average molecular weight is 308 g/mol. The van der Waals surface area contributed by atoms with Crippen LogP contribution in [0.5, 0.6) is 0 Å². The van der Waals surface area contributed by atoms with Gasteiger partial charge in [0.25, 0.3) is 0 Å². The van der Waals surface area contributed by atoms with E-state index >= 15 is 0 Å². The highest BCUT2D eigenvalue weighted by atomic mass is 79.9. The zero-order valence-corrected chi connectivity index (χ0v) is 11.3. The molecule has 0 radical (unpaired) electrons. The number of thiophene rings is 1. The van der Waals surface area contributed by atoms with Crippen molar-refractivity contribution >= 4 is 43.9 Å². The number of benzene rings is 1. The van der Waals surface area contributed by atoms with Crippen molar-refractivity contribution < 1.29 is 0 Å². The quantitative estimate of drug-likeness (QED) is 0.768. The minimum Gasteiger partial charge on any atom is -0.378 e. The molecule has 5 heteroatoms. The third-order valence-corrected chi connectivity index (χ3v) is 4.18. The molecule has 0 atom stereocenters. The smallest absolute Gasteiger partial charge is 0.0881 e. The van der Waals surface area contributed by atoms with E-state index < -0.39 is 0 Å². The summed E-state index contributed by atoms with van der Waals surface area (Å²) < 4.78 is 1.16. The number of rotatable bonds is 3. The first-order valence-corrected chi connectivity index (χ1v) is 6.84. The Balaban J connectivity index is 1.83. The Morgan fingerprint density at radius 2 is 2.24 bits per heavy atom. The lowest BCUT2D eigenvalue weighted by Crippen LogP contribution is -1.97. The Morgan fingerprint density at radius 1 is 1.29 bits per heavy atom. The van der Waals surface area contributed by atoms with Crippen LogP contribution in [-0.4, -0.2) is 10.2 Å². The number of nitrogens with one attached hydrogen (secondary N) is 2. The van der Waals surface area contributed by atoms with Gasteiger partial charge in [-0.2, -0.15) is 5.10 Å². The molecule has 0 bridgehead atoms. The molecule has 3 aromatic rings. The highest BCUT2D eigenvalue weighted by Gasteiger charge is 2.03. The number of hydrogen-bond donors (Lipinski definition) is 2. The Morgan fingerprint density at radius 3 is 3.06 bits per heavy atom. The predicted molar refractivity (Wildman–Crippen MR) is 75.4 cm³/mol. The van der Waals surface area contributed by atoms with Gasteiger partial charge in [-0.3, -0.25) is 5.10 Å². The van der Waals surface area contributed by atoms with Gasteiger partial charge in [-0.15, -0.1) is 11.3 Å². The van der Waals surface area contributed by atoms with Crippen LogP contribution in [0.4, 0.5) is 5.69 Å². The van der Waals surface area contributed by atoms with E-state index in [1.807, 2.05) is 18.3 Å². The van der Waals surface area contributed by atoms with Crippen molar-refractivity contribution in [1.82, 2.24) is 10.2 Å². The summed E-state index contributed by atoms with van der Waals surface area (Å²) in [5.74, 6) is 0. The van der Waals surface area contributed by atoms with E-state index in [1.165, 1.54) is 4.88 Å². The molecule has 86 valence electrons. The van der Waals surface area contributed by atoms with Crippen LogP contribution in [0.25, 0.3) is 10.9 Å². The fourth-order valence-corrected chi connectivity index (χ4v) is 3.17. The Kier molecular flexibility index (Phi) is 2.86. The summed E-state index contributed by atoms with van der Waals surface area (Å²) in [7, 11) is 0. The number of fused-ring (bicyclic) bond motifs is 1.